The Labute approximate surface area is 113 Å². The van der Waals surface area contributed by atoms with Crippen molar-refractivity contribution in [3.63, 3.8) is 0 Å². The summed E-state index contributed by atoms with van der Waals surface area (Å²) in [6.07, 6.45) is 8.55. The molecule has 0 saturated carbocycles. The Morgan fingerprint density at radius 3 is 2.65 bits per heavy atom. The molecule has 3 heteroatoms. The molecule has 1 atom stereocenters. The van der Waals surface area contributed by atoms with Crippen molar-refractivity contribution >= 4 is 23.5 Å². The van der Waals surface area contributed by atoms with Crippen molar-refractivity contribution in [2.75, 3.05) is 19.1 Å². The number of rotatable bonds is 7. The third-order valence-corrected chi connectivity index (χ3v) is 5.82. The first-order chi connectivity index (χ1) is 8.35. The van der Waals surface area contributed by atoms with Crippen LogP contribution in [0.1, 0.15) is 30.1 Å². The molecular weight excluding hydrogens is 248 g/mol. The van der Waals surface area contributed by atoms with E-state index in [1.807, 2.05) is 23.5 Å². The van der Waals surface area contributed by atoms with E-state index in [-0.39, 0.29) is 0 Å². The zero-order valence-electron chi connectivity index (χ0n) is 10.5. The van der Waals surface area contributed by atoms with Crippen molar-refractivity contribution in [2.24, 2.45) is 0 Å². The second kappa shape index (κ2) is 6.72. The summed E-state index contributed by atoms with van der Waals surface area (Å²) < 4.78 is 6.15. The van der Waals surface area contributed by atoms with E-state index in [0.29, 0.717) is 6.10 Å². The maximum atomic E-state index is 5.40. The molecule has 94 valence electrons. The van der Waals surface area contributed by atoms with Crippen molar-refractivity contribution in [1.82, 2.24) is 0 Å². The van der Waals surface area contributed by atoms with Crippen molar-refractivity contribution in [2.45, 2.75) is 29.9 Å². The molecule has 17 heavy (non-hydrogen) atoms. The van der Waals surface area contributed by atoms with Gasteiger partial charge in [0.1, 0.15) is 6.10 Å². The van der Waals surface area contributed by atoms with Crippen molar-refractivity contribution in [3.8, 4) is 0 Å². The lowest BCUT2D eigenvalue weighted by Crippen LogP contribution is -1.98. The third-order valence-electron chi connectivity index (χ3n) is 3.15. The van der Waals surface area contributed by atoms with E-state index in [2.05, 4.69) is 36.8 Å². The maximum Gasteiger partial charge on any atom is 0.106 e. The molecule has 1 aromatic carbocycles. The van der Waals surface area contributed by atoms with Crippen LogP contribution in [0.5, 0.6) is 0 Å². The lowest BCUT2D eigenvalue weighted by atomic mass is 10.0. The average Bonchev–Trinajstić information content (AvgIpc) is 3.19. The minimum Gasteiger partial charge on any atom is -0.368 e. The second-order valence-electron chi connectivity index (χ2n) is 4.31. The predicted octanol–water partition coefficient (Wildman–Crippen LogP) is 4.13. The zero-order chi connectivity index (χ0) is 12.1. The molecule has 0 bridgehead atoms. The minimum atomic E-state index is 0.392. The summed E-state index contributed by atoms with van der Waals surface area (Å²) in [5.41, 5.74) is 2.90. The van der Waals surface area contributed by atoms with Crippen LogP contribution in [0.25, 0.3) is 0 Å². The molecule has 1 saturated heterocycles. The monoisotopic (exact) mass is 268 g/mol. The summed E-state index contributed by atoms with van der Waals surface area (Å²) in [4.78, 5) is 0. The molecule has 1 aliphatic heterocycles. The number of ether oxygens (including phenoxy) is 1. The molecule has 1 aliphatic rings. The van der Waals surface area contributed by atoms with Crippen LogP contribution in [0, 0.1) is 0 Å². The standard InChI is InChI=1S/C14H20OS2/c1-16-14(17-2)9-5-7-11-6-3-4-8-12(11)13-10-15-13/h3-4,6,8,13-14H,5,7,9-10H2,1-2H3. The largest absolute Gasteiger partial charge is 0.368 e. The summed E-state index contributed by atoms with van der Waals surface area (Å²) in [6.45, 7) is 0.912. The molecule has 0 amide bonds. The molecule has 1 unspecified atom stereocenters. The predicted molar refractivity (Wildman–Crippen MR) is 78.9 cm³/mol. The Hall–Kier alpha value is -0.120. The van der Waals surface area contributed by atoms with Gasteiger partial charge in [0, 0.05) is 4.58 Å². The van der Waals surface area contributed by atoms with Gasteiger partial charge in [0.15, 0.2) is 0 Å². The molecule has 2 rings (SSSR count). The topological polar surface area (TPSA) is 12.5 Å². The molecule has 1 heterocycles. The van der Waals surface area contributed by atoms with Gasteiger partial charge in [-0.25, -0.2) is 0 Å². The number of benzene rings is 1. The average molecular weight is 268 g/mol. The minimum absolute atomic E-state index is 0.392. The van der Waals surface area contributed by atoms with Crippen LogP contribution in [0.15, 0.2) is 24.3 Å². The highest BCUT2D eigenvalue weighted by atomic mass is 32.2. The molecular formula is C14H20OS2. The SMILES string of the molecule is CSC(CCCc1ccccc1C1CO1)SC. The van der Waals surface area contributed by atoms with Crippen molar-refractivity contribution < 1.29 is 4.74 Å². The Balaban J connectivity index is 1.86. The Bertz CT molecular complexity index is 346. The molecule has 1 aromatic rings. The van der Waals surface area contributed by atoms with Crippen molar-refractivity contribution in [1.29, 1.82) is 0 Å². The van der Waals surface area contributed by atoms with E-state index >= 15 is 0 Å². The number of thioether (sulfide) groups is 2. The first kappa shape index (κ1) is 13.3. The summed E-state index contributed by atoms with van der Waals surface area (Å²) >= 11 is 3.93. The van der Waals surface area contributed by atoms with Crippen LogP contribution in [0.4, 0.5) is 0 Å². The van der Waals surface area contributed by atoms with Gasteiger partial charge in [-0.1, -0.05) is 24.3 Å². The first-order valence-corrected chi connectivity index (χ1v) is 8.67. The highest BCUT2D eigenvalue weighted by Crippen LogP contribution is 2.33. The van der Waals surface area contributed by atoms with Gasteiger partial charge in [0.25, 0.3) is 0 Å². The van der Waals surface area contributed by atoms with Crippen LogP contribution in [0.3, 0.4) is 0 Å². The van der Waals surface area contributed by atoms with Crippen LogP contribution in [0.2, 0.25) is 0 Å². The van der Waals surface area contributed by atoms with Gasteiger partial charge in [0.2, 0.25) is 0 Å². The van der Waals surface area contributed by atoms with E-state index in [1.54, 1.807) is 0 Å². The Morgan fingerprint density at radius 2 is 2.00 bits per heavy atom. The normalized spacial score (nSPS) is 18.6. The van der Waals surface area contributed by atoms with Crippen LogP contribution < -0.4 is 0 Å². The summed E-state index contributed by atoms with van der Waals surface area (Å²) in [6, 6.07) is 8.73. The van der Waals surface area contributed by atoms with Gasteiger partial charge >= 0.3 is 0 Å². The first-order valence-electron chi connectivity index (χ1n) is 6.10. The van der Waals surface area contributed by atoms with E-state index in [9.17, 15) is 0 Å². The highest BCUT2D eigenvalue weighted by molar-refractivity contribution is 8.16. The van der Waals surface area contributed by atoms with Gasteiger partial charge < -0.3 is 4.74 Å². The fraction of sp³-hybridized carbons (Fsp3) is 0.571. The van der Waals surface area contributed by atoms with E-state index in [0.717, 1.165) is 11.2 Å². The smallest absolute Gasteiger partial charge is 0.106 e. The fourth-order valence-corrected chi connectivity index (χ4v) is 3.67. The summed E-state index contributed by atoms with van der Waals surface area (Å²) in [5, 5.41) is 0. The molecule has 1 nitrogen and oxygen atoms in total. The van der Waals surface area contributed by atoms with Gasteiger partial charge in [-0.05, 0) is 42.9 Å². The highest BCUT2D eigenvalue weighted by Gasteiger charge is 2.26. The molecule has 0 radical (unpaired) electrons. The quantitative estimate of drug-likeness (QED) is 0.545. The van der Waals surface area contributed by atoms with Gasteiger partial charge in [0.05, 0.1) is 6.61 Å². The Morgan fingerprint density at radius 1 is 1.29 bits per heavy atom. The zero-order valence-corrected chi connectivity index (χ0v) is 12.2. The van der Waals surface area contributed by atoms with Crippen LogP contribution >= 0.6 is 23.5 Å². The third kappa shape index (κ3) is 3.94. The second-order valence-corrected chi connectivity index (χ2v) is 6.69. The van der Waals surface area contributed by atoms with Gasteiger partial charge in [-0.15, -0.1) is 0 Å². The lowest BCUT2D eigenvalue weighted by Gasteiger charge is -2.12. The number of hydrogen-bond donors (Lipinski definition) is 0. The lowest BCUT2D eigenvalue weighted by molar-refractivity contribution is 0.414. The summed E-state index contributed by atoms with van der Waals surface area (Å²) in [5.74, 6) is 0. The van der Waals surface area contributed by atoms with E-state index in [1.165, 1.54) is 30.4 Å². The van der Waals surface area contributed by atoms with Crippen LogP contribution in [-0.4, -0.2) is 23.7 Å². The van der Waals surface area contributed by atoms with E-state index in [4.69, 9.17) is 4.74 Å². The van der Waals surface area contributed by atoms with E-state index < -0.39 is 0 Å². The number of hydrogen-bond acceptors (Lipinski definition) is 3. The maximum absolute atomic E-state index is 5.40. The fourth-order valence-electron chi connectivity index (χ4n) is 2.09. The molecule has 1 fully saturated rings. The number of epoxide rings is 1. The van der Waals surface area contributed by atoms with Gasteiger partial charge in [-0.2, -0.15) is 23.5 Å². The summed E-state index contributed by atoms with van der Waals surface area (Å²) in [7, 11) is 0. The van der Waals surface area contributed by atoms with Crippen molar-refractivity contribution in [3.05, 3.63) is 35.4 Å². The molecule has 0 aromatic heterocycles. The molecule has 0 aliphatic carbocycles. The molecule has 0 spiro atoms. The van der Waals surface area contributed by atoms with Crippen LogP contribution in [-0.2, 0) is 11.2 Å². The Kier molecular flexibility index (Phi) is 5.26. The van der Waals surface area contributed by atoms with Gasteiger partial charge in [-0.3, -0.25) is 0 Å². The number of aryl methyl sites for hydroxylation is 1. The molecule has 0 N–H and O–H groups in total.